The number of esters is 1. The van der Waals surface area contributed by atoms with Gasteiger partial charge in [0.25, 0.3) is 5.91 Å². The van der Waals surface area contributed by atoms with Gasteiger partial charge >= 0.3 is 5.97 Å². The fourth-order valence-corrected chi connectivity index (χ4v) is 3.44. The Morgan fingerprint density at radius 1 is 1.22 bits per heavy atom. The van der Waals surface area contributed by atoms with Crippen LogP contribution >= 0.6 is 11.6 Å². The van der Waals surface area contributed by atoms with Crippen LogP contribution in [0.2, 0.25) is 5.02 Å². The van der Waals surface area contributed by atoms with E-state index in [4.69, 9.17) is 16.3 Å². The van der Waals surface area contributed by atoms with E-state index in [1.807, 2.05) is 12.2 Å². The summed E-state index contributed by atoms with van der Waals surface area (Å²) in [6.07, 6.45) is 3.65. The minimum Gasteiger partial charge on any atom is -0.451 e. The van der Waals surface area contributed by atoms with Crippen molar-refractivity contribution < 1.29 is 23.9 Å². The number of allylic oxidation sites excluding steroid dienone is 2. The normalized spacial score (nSPS) is 22.4. The lowest BCUT2D eigenvalue weighted by Gasteiger charge is -2.17. The van der Waals surface area contributed by atoms with E-state index in [1.165, 1.54) is 6.92 Å². The summed E-state index contributed by atoms with van der Waals surface area (Å²) in [6.45, 7) is 0.925. The highest BCUT2D eigenvalue weighted by Crippen LogP contribution is 2.34. The highest BCUT2D eigenvalue weighted by molar-refractivity contribution is 6.30. The predicted molar refractivity (Wildman–Crippen MR) is 97.7 cm³/mol. The summed E-state index contributed by atoms with van der Waals surface area (Å²) in [4.78, 5) is 49.9. The molecule has 1 N–H and O–H groups in total. The number of imide groups is 1. The molecule has 0 saturated carbocycles. The molecule has 7 nitrogen and oxygen atoms in total. The Bertz CT molecular complexity index is 796. The maximum absolute atomic E-state index is 12.4. The number of ether oxygens (including phenoxy) is 1. The van der Waals surface area contributed by atoms with Gasteiger partial charge in [0, 0.05) is 10.7 Å². The minimum atomic E-state index is -1.09. The summed E-state index contributed by atoms with van der Waals surface area (Å²) in [7, 11) is 0. The van der Waals surface area contributed by atoms with Crippen LogP contribution in [0.4, 0.5) is 5.69 Å². The molecule has 0 spiro atoms. The zero-order valence-corrected chi connectivity index (χ0v) is 15.4. The van der Waals surface area contributed by atoms with Crippen LogP contribution in [0.25, 0.3) is 0 Å². The number of nitrogens with zero attached hydrogens (tertiary/aromatic N) is 1. The first-order valence-corrected chi connectivity index (χ1v) is 9.00. The molecular weight excluding hydrogens is 372 g/mol. The van der Waals surface area contributed by atoms with E-state index in [1.54, 1.807) is 24.3 Å². The summed E-state index contributed by atoms with van der Waals surface area (Å²) in [6, 6.07) is 6.55. The number of fused-ring (bicyclic) bond motifs is 1. The van der Waals surface area contributed by atoms with Gasteiger partial charge in [0.15, 0.2) is 6.10 Å². The summed E-state index contributed by atoms with van der Waals surface area (Å²) >= 11 is 5.86. The van der Waals surface area contributed by atoms with Crippen molar-refractivity contribution in [1.29, 1.82) is 0 Å². The fraction of sp³-hybridized carbons (Fsp3) is 0.368. The molecule has 1 aliphatic heterocycles. The number of hydrogen-bond donors (Lipinski definition) is 1. The van der Waals surface area contributed by atoms with Crippen LogP contribution in [0, 0.1) is 11.8 Å². The van der Waals surface area contributed by atoms with E-state index in [0.717, 1.165) is 4.90 Å². The number of amides is 3. The van der Waals surface area contributed by atoms with Crippen LogP contribution in [0.15, 0.2) is 36.4 Å². The maximum atomic E-state index is 12.4. The lowest BCUT2D eigenvalue weighted by molar-refractivity contribution is -0.158. The molecule has 27 heavy (non-hydrogen) atoms. The first-order chi connectivity index (χ1) is 12.9. The number of benzene rings is 1. The number of carbonyl (C=O) groups is 4. The molecule has 0 bridgehead atoms. The van der Waals surface area contributed by atoms with E-state index in [2.05, 4.69) is 5.32 Å². The molecule has 2 aliphatic rings. The Morgan fingerprint density at radius 3 is 2.44 bits per heavy atom. The summed E-state index contributed by atoms with van der Waals surface area (Å²) in [5.74, 6) is -2.87. The number of halogens is 1. The molecule has 142 valence electrons. The van der Waals surface area contributed by atoms with Gasteiger partial charge in [0.2, 0.25) is 11.8 Å². The number of rotatable bonds is 5. The number of likely N-dealkylation sites (tertiary alicyclic amines) is 1. The molecule has 1 aromatic carbocycles. The van der Waals surface area contributed by atoms with Crippen molar-refractivity contribution in [2.45, 2.75) is 25.9 Å². The van der Waals surface area contributed by atoms with Gasteiger partial charge < -0.3 is 10.1 Å². The van der Waals surface area contributed by atoms with Gasteiger partial charge in [-0.3, -0.25) is 24.1 Å². The van der Waals surface area contributed by atoms with Gasteiger partial charge in [-0.05, 0) is 38.0 Å². The van der Waals surface area contributed by atoms with Crippen LogP contribution in [0.1, 0.15) is 19.8 Å². The average molecular weight is 391 g/mol. The van der Waals surface area contributed by atoms with Gasteiger partial charge in [-0.2, -0.15) is 0 Å². The monoisotopic (exact) mass is 390 g/mol. The molecule has 3 amide bonds. The second-order valence-corrected chi connectivity index (χ2v) is 6.99. The second kappa shape index (κ2) is 7.92. The van der Waals surface area contributed by atoms with Crippen molar-refractivity contribution in [2.24, 2.45) is 11.8 Å². The lowest BCUT2D eigenvalue weighted by atomic mass is 9.85. The van der Waals surface area contributed by atoms with Crippen molar-refractivity contribution in [3.63, 3.8) is 0 Å². The quantitative estimate of drug-likeness (QED) is 0.472. The molecular formula is C19H19ClN2O5. The van der Waals surface area contributed by atoms with Crippen LogP contribution in [-0.2, 0) is 23.9 Å². The average Bonchev–Trinajstić information content (AvgIpc) is 2.87. The molecule has 3 rings (SSSR count). The van der Waals surface area contributed by atoms with E-state index in [-0.39, 0.29) is 11.8 Å². The molecule has 1 aliphatic carbocycles. The molecule has 1 fully saturated rings. The largest absolute Gasteiger partial charge is 0.451 e. The SMILES string of the molecule is C[C@@H](OC(=O)CN1C(=O)[C@H]2CC=CC[C@H]2C1=O)C(=O)Nc1cccc(Cl)c1. The minimum absolute atomic E-state index is 0.359. The molecule has 0 unspecified atom stereocenters. The standard InChI is InChI=1S/C19H19ClN2O5/c1-11(17(24)21-13-6-4-5-12(20)9-13)27-16(23)10-22-18(25)14-7-2-3-8-15(14)19(22)26/h2-6,9,11,14-15H,7-8,10H2,1H3,(H,21,24)/t11-,14-,15+/m1/s1. The molecule has 1 heterocycles. The number of anilines is 1. The Labute approximate surface area is 161 Å². The highest BCUT2D eigenvalue weighted by Gasteiger charge is 2.47. The van der Waals surface area contributed by atoms with Crippen molar-refractivity contribution >= 4 is 41.0 Å². The predicted octanol–water partition coefficient (Wildman–Crippen LogP) is 2.16. The molecule has 1 aromatic rings. The first kappa shape index (κ1) is 19.1. The number of nitrogens with one attached hydrogen (secondary N) is 1. The van der Waals surface area contributed by atoms with Crippen molar-refractivity contribution in [1.82, 2.24) is 4.90 Å². The van der Waals surface area contributed by atoms with Gasteiger partial charge in [-0.25, -0.2) is 0 Å². The van der Waals surface area contributed by atoms with Gasteiger partial charge in [0.05, 0.1) is 11.8 Å². The second-order valence-electron chi connectivity index (χ2n) is 6.55. The van der Waals surface area contributed by atoms with Crippen molar-refractivity contribution in [3.05, 3.63) is 41.4 Å². The third kappa shape index (κ3) is 4.19. The van der Waals surface area contributed by atoms with Gasteiger partial charge in [0.1, 0.15) is 6.54 Å². The zero-order chi connectivity index (χ0) is 19.6. The third-order valence-corrected chi connectivity index (χ3v) is 4.89. The van der Waals surface area contributed by atoms with Crippen LogP contribution in [0.5, 0.6) is 0 Å². The topological polar surface area (TPSA) is 92.8 Å². The molecule has 1 saturated heterocycles. The van der Waals surface area contributed by atoms with E-state index >= 15 is 0 Å². The summed E-state index contributed by atoms with van der Waals surface area (Å²) < 4.78 is 5.08. The van der Waals surface area contributed by atoms with E-state index in [0.29, 0.717) is 23.6 Å². The van der Waals surface area contributed by atoms with E-state index < -0.39 is 36.4 Å². The fourth-order valence-electron chi connectivity index (χ4n) is 3.25. The van der Waals surface area contributed by atoms with E-state index in [9.17, 15) is 19.2 Å². The summed E-state index contributed by atoms with van der Waals surface area (Å²) in [5.41, 5.74) is 0.469. The van der Waals surface area contributed by atoms with Crippen molar-refractivity contribution in [3.8, 4) is 0 Å². The summed E-state index contributed by atoms with van der Waals surface area (Å²) in [5, 5.41) is 3.04. The Balaban J connectivity index is 1.55. The smallest absolute Gasteiger partial charge is 0.326 e. The highest BCUT2D eigenvalue weighted by atomic mass is 35.5. The molecule has 0 aromatic heterocycles. The Kier molecular flexibility index (Phi) is 5.60. The van der Waals surface area contributed by atoms with Crippen LogP contribution in [0.3, 0.4) is 0 Å². The van der Waals surface area contributed by atoms with Crippen LogP contribution < -0.4 is 5.32 Å². The zero-order valence-electron chi connectivity index (χ0n) is 14.7. The van der Waals surface area contributed by atoms with Gasteiger partial charge in [-0.15, -0.1) is 0 Å². The molecule has 3 atom stereocenters. The first-order valence-electron chi connectivity index (χ1n) is 8.63. The number of hydrogen-bond acceptors (Lipinski definition) is 5. The molecule has 8 heteroatoms. The van der Waals surface area contributed by atoms with Crippen LogP contribution in [-0.4, -0.2) is 41.2 Å². The third-order valence-electron chi connectivity index (χ3n) is 4.66. The van der Waals surface area contributed by atoms with Crippen molar-refractivity contribution in [2.75, 3.05) is 11.9 Å². The Morgan fingerprint density at radius 2 is 1.85 bits per heavy atom. The lowest BCUT2D eigenvalue weighted by Crippen LogP contribution is -2.39. The molecule has 0 radical (unpaired) electrons. The Hall–Kier alpha value is -2.67. The number of carbonyl (C=O) groups excluding carboxylic acids is 4. The maximum Gasteiger partial charge on any atom is 0.326 e. The van der Waals surface area contributed by atoms with Gasteiger partial charge in [-0.1, -0.05) is 29.8 Å².